The third-order valence-electron chi connectivity index (χ3n) is 5.08. The third kappa shape index (κ3) is 7.30. The molecule has 7 nitrogen and oxygen atoms in total. The Morgan fingerprint density at radius 1 is 0.941 bits per heavy atom. The zero-order chi connectivity index (χ0) is 24.5. The van der Waals surface area contributed by atoms with Crippen molar-refractivity contribution in [3.63, 3.8) is 0 Å². The summed E-state index contributed by atoms with van der Waals surface area (Å²) in [5, 5.41) is 15.0. The van der Waals surface area contributed by atoms with Crippen LogP contribution in [0.4, 0.5) is 5.69 Å². The highest BCUT2D eigenvalue weighted by molar-refractivity contribution is 6.40. The number of carboxylic acids is 1. The fourth-order valence-electron chi connectivity index (χ4n) is 3.41. The van der Waals surface area contributed by atoms with Gasteiger partial charge in [-0.05, 0) is 36.1 Å². The monoisotopic (exact) mass is 499 g/mol. The summed E-state index contributed by atoms with van der Waals surface area (Å²) in [6.07, 6.45) is 4.08. The fourth-order valence-corrected chi connectivity index (χ4v) is 3.95. The van der Waals surface area contributed by atoms with Gasteiger partial charge < -0.3 is 15.7 Å². The molecule has 176 valence electrons. The van der Waals surface area contributed by atoms with E-state index >= 15 is 0 Å². The predicted octanol–water partition coefficient (Wildman–Crippen LogP) is 5.30. The molecule has 0 aliphatic heterocycles. The van der Waals surface area contributed by atoms with Gasteiger partial charge in [-0.1, -0.05) is 65.7 Å². The lowest BCUT2D eigenvalue weighted by Gasteiger charge is -2.18. The highest BCUT2D eigenvalue weighted by Gasteiger charge is 2.19. The first-order valence-corrected chi connectivity index (χ1v) is 11.3. The molecule has 0 fully saturated rings. The van der Waals surface area contributed by atoms with E-state index in [4.69, 9.17) is 23.2 Å². The molecular formula is C25H23Cl2N3O4. The summed E-state index contributed by atoms with van der Waals surface area (Å²) < 4.78 is 0. The highest BCUT2D eigenvalue weighted by atomic mass is 35.5. The number of aromatic nitrogens is 1. The number of nitrogens with zero attached hydrogens (tertiary/aromatic N) is 1. The minimum absolute atomic E-state index is 0.105. The second-order valence-corrected chi connectivity index (χ2v) is 8.43. The van der Waals surface area contributed by atoms with Crippen molar-refractivity contribution in [1.29, 1.82) is 0 Å². The molecule has 3 rings (SSSR count). The van der Waals surface area contributed by atoms with Crippen molar-refractivity contribution in [2.75, 3.05) is 5.32 Å². The van der Waals surface area contributed by atoms with Crippen LogP contribution in [0.15, 0.2) is 67.0 Å². The van der Waals surface area contributed by atoms with E-state index in [1.807, 2.05) is 30.3 Å². The summed E-state index contributed by atoms with van der Waals surface area (Å²) >= 11 is 12.0. The molecule has 2 aromatic carbocycles. The summed E-state index contributed by atoms with van der Waals surface area (Å²) in [5.41, 5.74) is 2.32. The third-order valence-corrected chi connectivity index (χ3v) is 5.65. The van der Waals surface area contributed by atoms with E-state index < -0.39 is 17.9 Å². The maximum atomic E-state index is 12.5. The van der Waals surface area contributed by atoms with Gasteiger partial charge in [0.05, 0.1) is 28.1 Å². The average molecular weight is 500 g/mol. The molecule has 1 aromatic heterocycles. The smallest absolute Gasteiger partial charge is 0.305 e. The second-order valence-electron chi connectivity index (χ2n) is 7.61. The summed E-state index contributed by atoms with van der Waals surface area (Å²) in [7, 11) is 0. The molecule has 0 aliphatic rings. The number of halogens is 2. The van der Waals surface area contributed by atoms with Gasteiger partial charge in [0.2, 0.25) is 5.91 Å². The molecule has 34 heavy (non-hydrogen) atoms. The Labute approximate surface area is 207 Å². The summed E-state index contributed by atoms with van der Waals surface area (Å²) in [6, 6.07) is 15.7. The van der Waals surface area contributed by atoms with E-state index in [1.54, 1.807) is 24.3 Å². The summed E-state index contributed by atoms with van der Waals surface area (Å²) in [5.74, 6) is -1.76. The number of anilines is 1. The van der Waals surface area contributed by atoms with Gasteiger partial charge in [0.25, 0.3) is 5.91 Å². The van der Waals surface area contributed by atoms with Gasteiger partial charge in [0.1, 0.15) is 0 Å². The number of benzene rings is 2. The molecule has 1 heterocycles. The first kappa shape index (κ1) is 25.2. The van der Waals surface area contributed by atoms with Crippen molar-refractivity contribution in [3.8, 4) is 0 Å². The predicted molar refractivity (Wildman–Crippen MR) is 131 cm³/mol. The Balaban J connectivity index is 1.62. The Morgan fingerprint density at radius 3 is 2.21 bits per heavy atom. The van der Waals surface area contributed by atoms with E-state index in [0.29, 0.717) is 17.7 Å². The maximum Gasteiger partial charge on any atom is 0.305 e. The Morgan fingerprint density at radius 2 is 1.59 bits per heavy atom. The number of hydrogen-bond donors (Lipinski definition) is 3. The van der Waals surface area contributed by atoms with Crippen molar-refractivity contribution in [2.45, 2.75) is 31.7 Å². The number of amides is 2. The molecule has 1 unspecified atom stereocenters. The normalized spacial score (nSPS) is 11.5. The standard InChI is InChI=1S/C25H23Cl2N3O4/c26-19-14-28-15-20(27)24(19)25(34)29-18-11-9-17(10-12-18)21(13-23(32)33)30-22(31)8-4-7-16-5-2-1-3-6-16/h1-3,5-6,9-12,14-15,21H,4,7-8,13H2,(H,29,34)(H,30,31)(H,32,33). The highest BCUT2D eigenvalue weighted by Crippen LogP contribution is 2.25. The van der Waals surface area contributed by atoms with Crippen LogP contribution in [0.25, 0.3) is 0 Å². The second kappa shape index (κ2) is 12.2. The lowest BCUT2D eigenvalue weighted by molar-refractivity contribution is -0.137. The molecule has 9 heteroatoms. The van der Waals surface area contributed by atoms with Crippen LogP contribution in [0.3, 0.4) is 0 Å². The molecule has 3 N–H and O–H groups in total. The van der Waals surface area contributed by atoms with Crippen molar-refractivity contribution >= 4 is 46.7 Å². The van der Waals surface area contributed by atoms with Crippen molar-refractivity contribution < 1.29 is 19.5 Å². The lowest BCUT2D eigenvalue weighted by Crippen LogP contribution is -2.30. The zero-order valence-electron chi connectivity index (χ0n) is 18.1. The number of hydrogen-bond acceptors (Lipinski definition) is 4. The largest absolute Gasteiger partial charge is 0.481 e. The Hall–Kier alpha value is -3.42. The molecule has 0 radical (unpaired) electrons. The van der Waals surface area contributed by atoms with Gasteiger partial charge in [-0.15, -0.1) is 0 Å². The van der Waals surface area contributed by atoms with Crippen LogP contribution < -0.4 is 10.6 Å². The molecule has 2 amide bonds. The van der Waals surface area contributed by atoms with Crippen molar-refractivity contribution in [3.05, 3.63) is 93.7 Å². The molecule has 0 aliphatic carbocycles. The van der Waals surface area contributed by atoms with Crippen LogP contribution in [0.2, 0.25) is 10.0 Å². The van der Waals surface area contributed by atoms with Crippen LogP contribution in [-0.4, -0.2) is 27.9 Å². The van der Waals surface area contributed by atoms with Gasteiger partial charge in [0.15, 0.2) is 0 Å². The summed E-state index contributed by atoms with van der Waals surface area (Å²) in [6.45, 7) is 0. The van der Waals surface area contributed by atoms with Crippen molar-refractivity contribution in [1.82, 2.24) is 10.3 Å². The van der Waals surface area contributed by atoms with Gasteiger partial charge in [-0.2, -0.15) is 0 Å². The number of aryl methyl sites for hydroxylation is 1. The van der Waals surface area contributed by atoms with Crippen LogP contribution in [0.5, 0.6) is 0 Å². The summed E-state index contributed by atoms with van der Waals surface area (Å²) in [4.78, 5) is 40.1. The van der Waals surface area contributed by atoms with Gasteiger partial charge in [-0.25, -0.2) is 0 Å². The Kier molecular flexibility index (Phi) is 9.01. The molecular weight excluding hydrogens is 477 g/mol. The number of carbonyl (C=O) groups excluding carboxylic acids is 2. The molecule has 0 saturated carbocycles. The molecule has 3 aromatic rings. The number of aliphatic carboxylic acids is 1. The van der Waals surface area contributed by atoms with Gasteiger partial charge in [-0.3, -0.25) is 19.4 Å². The van der Waals surface area contributed by atoms with Crippen LogP contribution in [-0.2, 0) is 16.0 Å². The topological polar surface area (TPSA) is 108 Å². The maximum absolute atomic E-state index is 12.5. The van der Waals surface area contributed by atoms with E-state index in [-0.39, 0.29) is 34.4 Å². The fraction of sp³-hybridized carbons (Fsp3) is 0.200. The SMILES string of the molecule is O=C(O)CC(NC(=O)CCCc1ccccc1)c1ccc(NC(=O)c2c(Cl)cncc2Cl)cc1. The quantitative estimate of drug-likeness (QED) is 0.350. The van der Waals surface area contributed by atoms with E-state index in [0.717, 1.165) is 12.0 Å². The number of carbonyl (C=O) groups is 3. The Bertz CT molecular complexity index is 1130. The zero-order valence-corrected chi connectivity index (χ0v) is 19.6. The first-order chi connectivity index (χ1) is 16.3. The molecule has 0 bridgehead atoms. The number of pyridine rings is 1. The number of carboxylic acid groups (broad SMARTS) is 1. The van der Waals surface area contributed by atoms with Crippen molar-refractivity contribution in [2.24, 2.45) is 0 Å². The van der Waals surface area contributed by atoms with Crippen LogP contribution in [0.1, 0.15) is 46.8 Å². The van der Waals surface area contributed by atoms with Crippen LogP contribution in [0, 0.1) is 0 Å². The average Bonchev–Trinajstić information content (AvgIpc) is 2.79. The van der Waals surface area contributed by atoms with E-state index in [2.05, 4.69) is 15.6 Å². The minimum atomic E-state index is -1.03. The molecule has 0 saturated heterocycles. The van der Waals surface area contributed by atoms with Gasteiger partial charge >= 0.3 is 5.97 Å². The van der Waals surface area contributed by atoms with Crippen LogP contribution >= 0.6 is 23.2 Å². The molecule has 0 spiro atoms. The first-order valence-electron chi connectivity index (χ1n) is 10.6. The number of nitrogens with one attached hydrogen (secondary N) is 2. The number of rotatable bonds is 10. The lowest BCUT2D eigenvalue weighted by atomic mass is 10.0. The van der Waals surface area contributed by atoms with E-state index in [9.17, 15) is 19.5 Å². The molecule has 1 atom stereocenters. The minimum Gasteiger partial charge on any atom is -0.481 e. The van der Waals surface area contributed by atoms with E-state index in [1.165, 1.54) is 12.4 Å². The van der Waals surface area contributed by atoms with Gasteiger partial charge in [0, 0.05) is 24.5 Å².